The van der Waals surface area contributed by atoms with E-state index in [1.54, 1.807) is 7.11 Å². The van der Waals surface area contributed by atoms with Crippen LogP contribution in [0.4, 0.5) is 0 Å². The molecular weight excluding hydrogens is 268 g/mol. The molecule has 1 aromatic carbocycles. The summed E-state index contributed by atoms with van der Waals surface area (Å²) < 4.78 is 6.45. The average Bonchev–Trinajstić information content (AvgIpc) is 2.58. The van der Waals surface area contributed by atoms with Crippen LogP contribution in [-0.4, -0.2) is 22.7 Å². The van der Waals surface area contributed by atoms with Gasteiger partial charge in [-0.3, -0.25) is 0 Å². The molecule has 0 aliphatic heterocycles. The van der Waals surface area contributed by atoms with E-state index >= 15 is 0 Å². The number of ether oxygens (including phenoxy) is 1. The van der Waals surface area contributed by atoms with Gasteiger partial charge in [0, 0.05) is 18.0 Å². The van der Waals surface area contributed by atoms with Crippen LogP contribution >= 0.6 is 15.9 Å². The van der Waals surface area contributed by atoms with Crippen molar-refractivity contribution in [2.45, 2.75) is 25.9 Å². The van der Waals surface area contributed by atoms with Gasteiger partial charge in [0.25, 0.3) is 0 Å². The highest BCUT2D eigenvalue weighted by Crippen LogP contribution is 2.20. The minimum atomic E-state index is -0.189. The third-order valence-corrected chi connectivity index (χ3v) is 3.13. The molecule has 0 unspecified atom stereocenters. The number of H-pyrrole nitrogens is 1. The zero-order chi connectivity index (χ0) is 11.8. The van der Waals surface area contributed by atoms with Gasteiger partial charge in [-0.2, -0.15) is 0 Å². The Hall–Kier alpha value is -0.870. The lowest BCUT2D eigenvalue weighted by Crippen LogP contribution is -2.26. The Labute approximate surface area is 103 Å². The normalized spacial score (nSPS) is 12.2. The average molecular weight is 283 g/mol. The fourth-order valence-corrected chi connectivity index (χ4v) is 1.95. The SMILES string of the molecule is COC(C)(C)Cc1nc2ccc(Br)cc2[nH]1. The number of methoxy groups -OCH3 is 1. The van der Waals surface area contributed by atoms with Gasteiger partial charge < -0.3 is 9.72 Å². The lowest BCUT2D eigenvalue weighted by molar-refractivity contribution is 0.0218. The van der Waals surface area contributed by atoms with E-state index in [2.05, 4.69) is 39.7 Å². The summed E-state index contributed by atoms with van der Waals surface area (Å²) in [6.07, 6.45) is 0.774. The zero-order valence-electron chi connectivity index (χ0n) is 9.67. The van der Waals surface area contributed by atoms with Gasteiger partial charge in [-0.1, -0.05) is 15.9 Å². The molecular formula is C12H15BrN2O. The maximum absolute atomic E-state index is 5.39. The van der Waals surface area contributed by atoms with Crippen molar-refractivity contribution in [2.24, 2.45) is 0 Å². The number of fused-ring (bicyclic) bond motifs is 1. The Bertz CT molecular complexity index is 505. The van der Waals surface area contributed by atoms with Crippen molar-refractivity contribution in [1.29, 1.82) is 0 Å². The van der Waals surface area contributed by atoms with E-state index in [4.69, 9.17) is 4.74 Å². The molecule has 0 saturated carbocycles. The lowest BCUT2D eigenvalue weighted by Gasteiger charge is -2.21. The van der Waals surface area contributed by atoms with Crippen molar-refractivity contribution in [3.05, 3.63) is 28.5 Å². The number of hydrogen-bond acceptors (Lipinski definition) is 2. The quantitative estimate of drug-likeness (QED) is 0.938. The summed E-state index contributed by atoms with van der Waals surface area (Å²) in [6.45, 7) is 4.10. The minimum absolute atomic E-state index is 0.189. The van der Waals surface area contributed by atoms with Gasteiger partial charge in [0.15, 0.2) is 0 Å². The van der Waals surface area contributed by atoms with E-state index < -0.39 is 0 Å². The molecule has 86 valence electrons. The molecule has 1 aromatic heterocycles. The van der Waals surface area contributed by atoms with Crippen molar-refractivity contribution >= 4 is 27.0 Å². The molecule has 0 spiro atoms. The van der Waals surface area contributed by atoms with Gasteiger partial charge in [0.2, 0.25) is 0 Å². The highest BCUT2D eigenvalue weighted by Gasteiger charge is 2.19. The van der Waals surface area contributed by atoms with E-state index in [1.807, 2.05) is 18.2 Å². The second kappa shape index (κ2) is 4.18. The molecule has 1 N–H and O–H groups in total. The van der Waals surface area contributed by atoms with E-state index in [0.29, 0.717) is 0 Å². The van der Waals surface area contributed by atoms with Crippen LogP contribution in [0, 0.1) is 0 Å². The molecule has 0 saturated heterocycles. The fourth-order valence-electron chi connectivity index (χ4n) is 1.59. The van der Waals surface area contributed by atoms with E-state index in [-0.39, 0.29) is 5.60 Å². The molecule has 16 heavy (non-hydrogen) atoms. The Morgan fingerprint density at radius 3 is 2.88 bits per heavy atom. The third-order valence-electron chi connectivity index (χ3n) is 2.64. The largest absolute Gasteiger partial charge is 0.378 e. The van der Waals surface area contributed by atoms with Gasteiger partial charge in [0.1, 0.15) is 5.82 Å². The predicted molar refractivity (Wildman–Crippen MR) is 68.6 cm³/mol. The molecule has 4 heteroatoms. The van der Waals surface area contributed by atoms with Crippen LogP contribution in [0.3, 0.4) is 0 Å². The molecule has 0 atom stereocenters. The van der Waals surface area contributed by atoms with Crippen molar-refractivity contribution < 1.29 is 4.74 Å². The fraction of sp³-hybridized carbons (Fsp3) is 0.417. The topological polar surface area (TPSA) is 37.9 Å². The first kappa shape index (κ1) is 11.6. The Morgan fingerprint density at radius 2 is 2.19 bits per heavy atom. The zero-order valence-corrected chi connectivity index (χ0v) is 11.3. The first-order chi connectivity index (χ1) is 7.50. The Balaban J connectivity index is 2.33. The highest BCUT2D eigenvalue weighted by atomic mass is 79.9. The van der Waals surface area contributed by atoms with E-state index in [0.717, 1.165) is 27.8 Å². The van der Waals surface area contributed by atoms with Crippen LogP contribution in [0.15, 0.2) is 22.7 Å². The van der Waals surface area contributed by atoms with Crippen molar-refractivity contribution in [1.82, 2.24) is 9.97 Å². The summed E-state index contributed by atoms with van der Waals surface area (Å²) in [5.41, 5.74) is 1.85. The molecule has 2 aromatic rings. The Kier molecular flexibility index (Phi) is 3.04. The maximum atomic E-state index is 5.39. The number of aromatic amines is 1. The van der Waals surface area contributed by atoms with E-state index in [9.17, 15) is 0 Å². The summed E-state index contributed by atoms with van der Waals surface area (Å²) in [6, 6.07) is 6.03. The van der Waals surface area contributed by atoms with Crippen molar-refractivity contribution in [3.8, 4) is 0 Å². The van der Waals surface area contributed by atoms with Crippen molar-refractivity contribution in [2.75, 3.05) is 7.11 Å². The second-order valence-corrected chi connectivity index (χ2v) is 5.40. The van der Waals surface area contributed by atoms with Crippen LogP contribution < -0.4 is 0 Å². The van der Waals surface area contributed by atoms with Gasteiger partial charge in [0.05, 0.1) is 16.6 Å². The van der Waals surface area contributed by atoms with Gasteiger partial charge in [-0.25, -0.2) is 4.98 Å². The predicted octanol–water partition coefficient (Wildman–Crippen LogP) is 3.29. The molecule has 0 bridgehead atoms. The minimum Gasteiger partial charge on any atom is -0.378 e. The molecule has 2 rings (SSSR count). The summed E-state index contributed by atoms with van der Waals surface area (Å²) in [5.74, 6) is 0.958. The molecule has 0 aliphatic carbocycles. The number of imidazole rings is 1. The summed E-state index contributed by atoms with van der Waals surface area (Å²) >= 11 is 3.44. The summed E-state index contributed by atoms with van der Waals surface area (Å²) in [7, 11) is 1.72. The molecule has 0 amide bonds. The second-order valence-electron chi connectivity index (χ2n) is 4.49. The smallest absolute Gasteiger partial charge is 0.110 e. The molecule has 0 fully saturated rings. The molecule has 0 radical (unpaired) electrons. The maximum Gasteiger partial charge on any atom is 0.110 e. The van der Waals surface area contributed by atoms with Crippen LogP contribution in [0.2, 0.25) is 0 Å². The standard InChI is InChI=1S/C12H15BrN2O/c1-12(2,16-3)7-11-14-9-5-4-8(13)6-10(9)15-11/h4-6H,7H2,1-3H3,(H,14,15). The van der Waals surface area contributed by atoms with Crippen LogP contribution in [0.1, 0.15) is 19.7 Å². The van der Waals surface area contributed by atoms with Crippen LogP contribution in [-0.2, 0) is 11.2 Å². The van der Waals surface area contributed by atoms with Gasteiger partial charge in [-0.05, 0) is 32.0 Å². The van der Waals surface area contributed by atoms with Gasteiger partial charge >= 0.3 is 0 Å². The molecule has 0 aliphatic rings. The first-order valence-electron chi connectivity index (χ1n) is 5.19. The van der Waals surface area contributed by atoms with Crippen LogP contribution in [0.5, 0.6) is 0 Å². The first-order valence-corrected chi connectivity index (χ1v) is 5.99. The number of halogens is 1. The molecule has 1 heterocycles. The molecule has 3 nitrogen and oxygen atoms in total. The van der Waals surface area contributed by atoms with E-state index in [1.165, 1.54) is 0 Å². The number of nitrogens with zero attached hydrogens (tertiary/aromatic N) is 1. The number of benzene rings is 1. The number of rotatable bonds is 3. The lowest BCUT2D eigenvalue weighted by atomic mass is 10.1. The highest BCUT2D eigenvalue weighted by molar-refractivity contribution is 9.10. The Morgan fingerprint density at radius 1 is 1.44 bits per heavy atom. The third kappa shape index (κ3) is 2.44. The summed E-state index contributed by atoms with van der Waals surface area (Å²) in [4.78, 5) is 7.84. The monoisotopic (exact) mass is 282 g/mol. The number of nitrogens with one attached hydrogen (secondary N) is 1. The summed E-state index contributed by atoms with van der Waals surface area (Å²) in [5, 5.41) is 0. The van der Waals surface area contributed by atoms with Crippen LogP contribution in [0.25, 0.3) is 11.0 Å². The van der Waals surface area contributed by atoms with Gasteiger partial charge in [-0.15, -0.1) is 0 Å². The number of aromatic nitrogens is 2. The van der Waals surface area contributed by atoms with Crippen molar-refractivity contribution in [3.63, 3.8) is 0 Å². The number of hydrogen-bond donors (Lipinski definition) is 1.